The summed E-state index contributed by atoms with van der Waals surface area (Å²) in [5.41, 5.74) is 0. The fraction of sp³-hybridized carbons (Fsp3) is 0. The third-order valence-electron chi connectivity index (χ3n) is 0.288. The molecule has 1 aromatic heterocycles. The number of nitrogens with zero attached hydrogens (tertiary/aromatic N) is 1. The summed E-state index contributed by atoms with van der Waals surface area (Å²) in [6, 6.07) is 0. The maximum absolute atomic E-state index is 3.96. The van der Waals surface area contributed by atoms with E-state index in [1.807, 2.05) is 0 Å². The second kappa shape index (κ2) is 1.39. The molecule has 2 nitrogen and oxygen atoms in total. The van der Waals surface area contributed by atoms with Crippen LogP contribution in [0.3, 0.4) is 0 Å². The van der Waals surface area contributed by atoms with E-state index in [9.17, 15) is 0 Å². The van der Waals surface area contributed by atoms with Crippen LogP contribution in [0.4, 0.5) is 0 Å². The Morgan fingerprint density at radius 3 is 2.40 bits per heavy atom. The van der Waals surface area contributed by atoms with Crippen molar-refractivity contribution in [1.29, 1.82) is 0 Å². The van der Waals surface area contributed by atoms with Gasteiger partial charge < -0.3 is 0 Å². The molecule has 5 heteroatoms. The highest BCUT2D eigenvalue weighted by atomic mass is 32.0. The van der Waals surface area contributed by atoms with Crippen molar-refractivity contribution in [2.24, 2.45) is 0 Å². The zero-order chi connectivity index (χ0) is 3.70. The van der Waals surface area contributed by atoms with Crippen molar-refractivity contribution in [2.75, 3.05) is 0 Å². The van der Waals surface area contributed by atoms with Crippen LogP contribution < -0.4 is 0 Å². The van der Waals surface area contributed by atoms with Gasteiger partial charge >= 0.3 is 0 Å². The molecular formula is H3N2P3. The number of hydrogen-bond acceptors (Lipinski definition) is 1. The SMILES string of the molecule is Pp1np[nH]1. The summed E-state index contributed by atoms with van der Waals surface area (Å²) in [5.74, 6) is 0. The van der Waals surface area contributed by atoms with Crippen molar-refractivity contribution in [3.8, 4) is 0 Å². The van der Waals surface area contributed by atoms with Crippen molar-refractivity contribution in [3.63, 3.8) is 0 Å². The van der Waals surface area contributed by atoms with E-state index in [2.05, 4.69) is 17.9 Å². The molecule has 0 bridgehead atoms. The average molecular weight is 124 g/mol. The third-order valence-corrected chi connectivity index (χ3v) is 4.56. The lowest BCUT2D eigenvalue weighted by Crippen LogP contribution is -1.55. The molecule has 2 unspecified atom stereocenters. The molecule has 1 rings (SSSR count). The minimum absolute atomic E-state index is 0.138. The van der Waals surface area contributed by atoms with E-state index >= 15 is 0 Å². The van der Waals surface area contributed by atoms with Gasteiger partial charge in [-0.15, -0.1) is 0 Å². The van der Waals surface area contributed by atoms with E-state index in [4.69, 9.17) is 0 Å². The number of aromatic amines is 1. The maximum atomic E-state index is 3.96. The Morgan fingerprint density at radius 1 is 2.00 bits per heavy atom. The first-order chi connectivity index (χ1) is 2.39. The molecule has 2 atom stereocenters. The predicted octanol–water partition coefficient (Wildman–Crippen LogP) is 1.61. The summed E-state index contributed by atoms with van der Waals surface area (Å²) in [7, 11) is 3.52. The summed E-state index contributed by atoms with van der Waals surface area (Å²) in [6.45, 7) is 0. The largest absolute Gasteiger partial charge is 0.295 e. The molecule has 0 aliphatic carbocycles. The standard InChI is InChI=1S/H3N2P3/c3-5-1-4-2-5/h3H2,(H,1,2). The molecule has 0 aromatic carbocycles. The predicted molar refractivity (Wildman–Crippen MR) is 28.9 cm³/mol. The summed E-state index contributed by atoms with van der Waals surface area (Å²) in [6.07, 6.45) is 0. The first-order valence-electron chi connectivity index (χ1n) is 1.11. The van der Waals surface area contributed by atoms with Crippen molar-refractivity contribution in [2.45, 2.75) is 0 Å². The summed E-state index contributed by atoms with van der Waals surface area (Å²) in [5, 5.41) is 0. The molecule has 1 aromatic rings. The van der Waals surface area contributed by atoms with E-state index in [1.54, 1.807) is 0 Å². The van der Waals surface area contributed by atoms with Crippen LogP contribution in [0.1, 0.15) is 0 Å². The van der Waals surface area contributed by atoms with Crippen molar-refractivity contribution in [1.82, 2.24) is 9.02 Å². The quantitative estimate of drug-likeness (QED) is 0.523. The highest BCUT2D eigenvalue weighted by Gasteiger charge is 1.76. The molecule has 0 aliphatic rings. The van der Waals surface area contributed by atoms with Gasteiger partial charge in [0.1, 0.15) is 8.51 Å². The molecular weight excluding hydrogens is 121 g/mol. The van der Waals surface area contributed by atoms with Crippen LogP contribution in [0, 0.1) is 0 Å². The summed E-state index contributed by atoms with van der Waals surface area (Å²) < 4.78 is 7.00. The van der Waals surface area contributed by atoms with Crippen molar-refractivity contribution in [3.05, 3.63) is 0 Å². The lowest BCUT2D eigenvalue weighted by molar-refractivity contribution is 1.68. The number of rotatable bonds is 0. The van der Waals surface area contributed by atoms with Gasteiger partial charge in [0, 0.05) is 0 Å². The maximum Gasteiger partial charge on any atom is 0.139 e. The molecule has 1 heterocycles. The van der Waals surface area contributed by atoms with Crippen LogP contribution in [0.2, 0.25) is 0 Å². The number of H-pyrrole nitrogens is 1. The number of hydrogen-bond donors (Lipinski definition) is 1. The van der Waals surface area contributed by atoms with Crippen LogP contribution >= 0.6 is 25.0 Å². The first kappa shape index (κ1) is 3.81. The second-order valence-corrected chi connectivity index (χ2v) is 4.51. The molecule has 28 valence electrons. The van der Waals surface area contributed by atoms with Gasteiger partial charge in [-0.1, -0.05) is 0 Å². The Hall–Kier alpha value is 0.630. The van der Waals surface area contributed by atoms with E-state index in [-0.39, 0.29) is 7.54 Å². The highest BCUT2D eigenvalue weighted by Crippen LogP contribution is 2.32. The lowest BCUT2D eigenvalue weighted by atomic mass is 13.9. The van der Waals surface area contributed by atoms with E-state index in [0.29, 0.717) is 0 Å². The minimum atomic E-state index is -0.138. The van der Waals surface area contributed by atoms with Gasteiger partial charge in [0.15, 0.2) is 0 Å². The smallest absolute Gasteiger partial charge is 0.139 e. The number of aromatic nitrogens is 2. The van der Waals surface area contributed by atoms with Gasteiger partial charge in [-0.05, 0) is 8.93 Å². The Morgan fingerprint density at radius 2 is 2.40 bits per heavy atom. The topological polar surface area (TPSA) is 28.7 Å². The minimum Gasteiger partial charge on any atom is -0.295 e. The monoisotopic (exact) mass is 124 g/mol. The van der Waals surface area contributed by atoms with Gasteiger partial charge in [0.25, 0.3) is 0 Å². The van der Waals surface area contributed by atoms with Gasteiger partial charge in [0.2, 0.25) is 0 Å². The van der Waals surface area contributed by atoms with Crippen molar-refractivity contribution < 1.29 is 0 Å². The molecule has 0 saturated heterocycles. The molecule has 0 aliphatic heterocycles. The Labute approximate surface area is 34.9 Å². The fourth-order valence-corrected chi connectivity index (χ4v) is 1.80. The average Bonchev–Trinajstić information content (AvgIpc) is 1.30. The molecule has 0 amide bonds. The Balaban J connectivity index is 2.83. The zero-order valence-electron chi connectivity index (χ0n) is 2.42. The van der Waals surface area contributed by atoms with Crippen LogP contribution in [0.25, 0.3) is 0 Å². The molecule has 0 radical (unpaired) electrons. The van der Waals surface area contributed by atoms with E-state index in [0.717, 1.165) is 8.51 Å². The zero-order valence-corrected chi connectivity index (χ0v) is 5.36. The normalized spacial score (nSPS) is 14.2. The Bertz CT molecular complexity index is 87.1. The lowest BCUT2D eigenvalue weighted by Gasteiger charge is -1.86. The first-order valence-corrected chi connectivity index (χ1v) is 4.87. The molecule has 0 spiro atoms. The van der Waals surface area contributed by atoms with Crippen molar-refractivity contribution >= 4 is 25.0 Å². The van der Waals surface area contributed by atoms with Crippen LogP contribution in [-0.2, 0) is 0 Å². The van der Waals surface area contributed by atoms with Gasteiger partial charge in [-0.3, -0.25) is 4.51 Å². The fourth-order valence-electron chi connectivity index (χ4n) is 0.0964. The third kappa shape index (κ3) is 0.729. The second-order valence-electron chi connectivity index (χ2n) is 0.634. The molecule has 0 fully saturated rings. The molecule has 0 saturated carbocycles. The van der Waals surface area contributed by atoms with Crippen LogP contribution in [0.5, 0.6) is 0 Å². The number of nitrogens with one attached hydrogen (secondary N) is 1. The van der Waals surface area contributed by atoms with Gasteiger partial charge in [-0.25, -0.2) is 0 Å². The van der Waals surface area contributed by atoms with Gasteiger partial charge in [-0.2, -0.15) is 4.51 Å². The highest BCUT2D eigenvalue weighted by molar-refractivity contribution is 8.07. The van der Waals surface area contributed by atoms with Gasteiger partial charge in [0.05, 0.1) is 7.54 Å². The van der Waals surface area contributed by atoms with Crippen LogP contribution in [0.15, 0.2) is 0 Å². The molecule has 1 N–H and O–H groups in total. The van der Waals surface area contributed by atoms with E-state index in [1.165, 1.54) is 0 Å². The Kier molecular flexibility index (Phi) is 1.06. The van der Waals surface area contributed by atoms with Crippen LogP contribution in [-0.4, -0.2) is 9.02 Å². The summed E-state index contributed by atoms with van der Waals surface area (Å²) >= 11 is 0. The molecule has 5 heavy (non-hydrogen) atoms. The van der Waals surface area contributed by atoms with E-state index < -0.39 is 0 Å². The summed E-state index contributed by atoms with van der Waals surface area (Å²) in [4.78, 5) is 0.